The number of rotatable bonds is 3. The van der Waals surface area contributed by atoms with E-state index in [0.29, 0.717) is 34.8 Å². The second-order valence-electron chi connectivity index (χ2n) is 5.56. The molecule has 4 rings (SSSR count). The van der Waals surface area contributed by atoms with E-state index in [2.05, 4.69) is 20.5 Å². The van der Waals surface area contributed by atoms with Crippen LogP contribution in [0.15, 0.2) is 28.9 Å². The van der Waals surface area contributed by atoms with Gasteiger partial charge in [0.2, 0.25) is 0 Å². The Bertz CT molecular complexity index is 882. The van der Waals surface area contributed by atoms with E-state index in [1.807, 2.05) is 31.2 Å². The van der Waals surface area contributed by atoms with Crippen molar-refractivity contribution in [3.63, 3.8) is 0 Å². The van der Waals surface area contributed by atoms with E-state index in [1.165, 1.54) is 11.3 Å². The van der Waals surface area contributed by atoms with Crippen LogP contribution in [-0.2, 0) is 4.74 Å². The molecule has 0 aliphatic carbocycles. The molecule has 24 heavy (non-hydrogen) atoms. The molecule has 124 valence electrons. The number of carbonyl (C=O) groups excluding carboxylic acids is 1. The first-order valence-corrected chi connectivity index (χ1v) is 8.50. The number of fused-ring (bicyclic) bond motifs is 1. The lowest BCUT2D eigenvalue weighted by Crippen LogP contribution is -2.36. The number of benzene rings is 1. The maximum atomic E-state index is 12.4. The Balaban J connectivity index is 1.65. The second-order valence-corrected chi connectivity index (χ2v) is 6.85. The van der Waals surface area contributed by atoms with Crippen molar-refractivity contribution in [3.05, 3.63) is 34.0 Å². The number of carbonyl (C=O) groups is 1. The first kappa shape index (κ1) is 15.1. The summed E-state index contributed by atoms with van der Waals surface area (Å²) in [6.45, 7) is 4.93. The summed E-state index contributed by atoms with van der Waals surface area (Å²) >= 11 is 1.45. The lowest BCUT2D eigenvalue weighted by Gasteiger charge is -2.28. The number of aromatic nitrogens is 2. The van der Waals surface area contributed by atoms with E-state index in [0.717, 1.165) is 23.7 Å². The van der Waals surface area contributed by atoms with Crippen molar-refractivity contribution < 1.29 is 14.2 Å². The number of thiophene rings is 1. The summed E-state index contributed by atoms with van der Waals surface area (Å²) in [4.78, 5) is 16.3. The largest absolute Gasteiger partial charge is 0.378 e. The average Bonchev–Trinajstić information content (AvgIpc) is 3.25. The van der Waals surface area contributed by atoms with Gasteiger partial charge in [0.15, 0.2) is 11.0 Å². The number of amides is 1. The highest BCUT2D eigenvalue weighted by molar-refractivity contribution is 7.14. The molecule has 7 nitrogen and oxygen atoms in total. The molecule has 0 saturated carbocycles. The SMILES string of the molecule is Cc1ccc(C(=O)Nc2ccc(N3CCOCC3)c3nonc23)s1. The fraction of sp³-hybridized carbons (Fsp3) is 0.312. The van der Waals surface area contributed by atoms with E-state index in [-0.39, 0.29) is 5.91 Å². The summed E-state index contributed by atoms with van der Waals surface area (Å²) in [7, 11) is 0. The normalized spacial score (nSPS) is 15.0. The van der Waals surface area contributed by atoms with E-state index in [9.17, 15) is 4.79 Å². The number of morpholine rings is 1. The van der Waals surface area contributed by atoms with Gasteiger partial charge in [-0.1, -0.05) is 0 Å². The summed E-state index contributed by atoms with van der Waals surface area (Å²) < 4.78 is 10.3. The molecule has 1 fully saturated rings. The molecule has 3 aromatic rings. The van der Waals surface area contributed by atoms with E-state index >= 15 is 0 Å². The van der Waals surface area contributed by atoms with Gasteiger partial charge in [-0.15, -0.1) is 11.3 Å². The van der Waals surface area contributed by atoms with E-state index < -0.39 is 0 Å². The van der Waals surface area contributed by atoms with Crippen LogP contribution in [0, 0.1) is 6.92 Å². The maximum Gasteiger partial charge on any atom is 0.265 e. The Morgan fingerprint density at radius 1 is 1.17 bits per heavy atom. The molecule has 0 bridgehead atoms. The van der Waals surface area contributed by atoms with E-state index in [1.54, 1.807) is 0 Å². The Kier molecular flexibility index (Phi) is 3.91. The minimum absolute atomic E-state index is 0.156. The Labute approximate surface area is 142 Å². The molecule has 1 amide bonds. The molecule has 3 heterocycles. The monoisotopic (exact) mass is 344 g/mol. The Morgan fingerprint density at radius 2 is 1.96 bits per heavy atom. The van der Waals surface area contributed by atoms with Crippen molar-refractivity contribution >= 4 is 39.7 Å². The van der Waals surface area contributed by atoms with Crippen molar-refractivity contribution in [2.24, 2.45) is 0 Å². The summed E-state index contributed by atoms with van der Waals surface area (Å²) in [5, 5.41) is 10.9. The number of anilines is 2. The zero-order chi connectivity index (χ0) is 16.5. The molecule has 0 unspecified atom stereocenters. The molecule has 1 N–H and O–H groups in total. The maximum absolute atomic E-state index is 12.4. The van der Waals surface area contributed by atoms with Crippen molar-refractivity contribution in [2.75, 3.05) is 36.5 Å². The molecule has 0 radical (unpaired) electrons. The van der Waals surface area contributed by atoms with Gasteiger partial charge in [-0.3, -0.25) is 4.79 Å². The summed E-state index contributed by atoms with van der Waals surface area (Å²) in [6, 6.07) is 7.52. The molecule has 1 aromatic carbocycles. The highest BCUT2D eigenvalue weighted by atomic mass is 32.1. The van der Waals surface area contributed by atoms with Gasteiger partial charge in [-0.2, -0.15) is 0 Å². The molecule has 0 atom stereocenters. The van der Waals surface area contributed by atoms with Crippen LogP contribution in [0.2, 0.25) is 0 Å². The van der Waals surface area contributed by atoms with Gasteiger partial charge in [0, 0.05) is 18.0 Å². The third kappa shape index (κ3) is 2.74. The fourth-order valence-electron chi connectivity index (χ4n) is 2.75. The predicted octanol–water partition coefficient (Wildman–Crippen LogP) is 2.68. The van der Waals surface area contributed by atoms with Crippen molar-refractivity contribution in [2.45, 2.75) is 6.92 Å². The highest BCUT2D eigenvalue weighted by Gasteiger charge is 2.20. The molecular formula is C16H16N4O3S. The van der Waals surface area contributed by atoms with Crippen LogP contribution in [0.3, 0.4) is 0 Å². The van der Waals surface area contributed by atoms with Gasteiger partial charge in [-0.25, -0.2) is 4.63 Å². The van der Waals surface area contributed by atoms with Gasteiger partial charge in [0.05, 0.1) is 29.5 Å². The molecule has 8 heteroatoms. The van der Waals surface area contributed by atoms with Crippen LogP contribution in [0.1, 0.15) is 14.5 Å². The number of aryl methyl sites for hydroxylation is 1. The quantitative estimate of drug-likeness (QED) is 0.787. The Morgan fingerprint density at radius 3 is 2.71 bits per heavy atom. The molecular weight excluding hydrogens is 328 g/mol. The van der Waals surface area contributed by atoms with Gasteiger partial charge in [-0.05, 0) is 41.5 Å². The lowest BCUT2D eigenvalue weighted by molar-refractivity contribution is 0.103. The van der Waals surface area contributed by atoms with Crippen LogP contribution < -0.4 is 10.2 Å². The van der Waals surface area contributed by atoms with Gasteiger partial charge >= 0.3 is 0 Å². The molecule has 2 aromatic heterocycles. The first-order valence-electron chi connectivity index (χ1n) is 7.68. The number of nitrogens with zero attached hydrogens (tertiary/aromatic N) is 3. The van der Waals surface area contributed by atoms with Gasteiger partial charge < -0.3 is 15.0 Å². The summed E-state index contributed by atoms with van der Waals surface area (Å²) in [6.07, 6.45) is 0. The topological polar surface area (TPSA) is 80.5 Å². The molecule has 1 aliphatic heterocycles. The smallest absolute Gasteiger partial charge is 0.265 e. The predicted molar refractivity (Wildman–Crippen MR) is 91.8 cm³/mol. The third-order valence-corrected chi connectivity index (χ3v) is 4.96. The van der Waals surface area contributed by atoms with Crippen LogP contribution in [0.25, 0.3) is 11.0 Å². The minimum Gasteiger partial charge on any atom is -0.378 e. The second kappa shape index (κ2) is 6.21. The highest BCUT2D eigenvalue weighted by Crippen LogP contribution is 2.31. The number of hydrogen-bond acceptors (Lipinski definition) is 7. The lowest BCUT2D eigenvalue weighted by atomic mass is 10.2. The summed E-state index contributed by atoms with van der Waals surface area (Å²) in [5.41, 5.74) is 2.75. The van der Waals surface area contributed by atoms with Crippen LogP contribution >= 0.6 is 11.3 Å². The molecule has 1 saturated heterocycles. The summed E-state index contributed by atoms with van der Waals surface area (Å²) in [5.74, 6) is -0.156. The van der Waals surface area contributed by atoms with Crippen molar-refractivity contribution in [1.29, 1.82) is 0 Å². The van der Waals surface area contributed by atoms with Gasteiger partial charge in [0.1, 0.15) is 0 Å². The zero-order valence-corrected chi connectivity index (χ0v) is 13.9. The van der Waals surface area contributed by atoms with Crippen molar-refractivity contribution in [1.82, 2.24) is 10.3 Å². The number of hydrogen-bond donors (Lipinski definition) is 1. The Hall–Kier alpha value is -2.45. The van der Waals surface area contributed by atoms with Gasteiger partial charge in [0.25, 0.3) is 5.91 Å². The van der Waals surface area contributed by atoms with Crippen LogP contribution in [0.4, 0.5) is 11.4 Å². The third-order valence-electron chi connectivity index (χ3n) is 3.96. The standard InChI is InChI=1S/C16H16N4O3S/c1-10-2-5-13(24-10)16(21)17-11-3-4-12(15-14(11)18-23-19-15)20-6-8-22-9-7-20/h2-5H,6-9H2,1H3,(H,17,21). The van der Waals surface area contributed by atoms with Crippen LogP contribution in [0.5, 0.6) is 0 Å². The zero-order valence-electron chi connectivity index (χ0n) is 13.1. The average molecular weight is 344 g/mol. The number of nitrogens with one attached hydrogen (secondary N) is 1. The van der Waals surface area contributed by atoms with Crippen molar-refractivity contribution in [3.8, 4) is 0 Å². The van der Waals surface area contributed by atoms with Crippen LogP contribution in [-0.4, -0.2) is 42.5 Å². The molecule has 0 spiro atoms. The minimum atomic E-state index is -0.156. The fourth-order valence-corrected chi connectivity index (χ4v) is 3.52. The van der Waals surface area contributed by atoms with E-state index in [4.69, 9.17) is 9.37 Å². The first-order chi connectivity index (χ1) is 11.7. The molecule has 1 aliphatic rings. The number of ether oxygens (including phenoxy) is 1.